The molecule has 5 heteroatoms. The van der Waals surface area contributed by atoms with Crippen molar-refractivity contribution in [2.75, 3.05) is 18.6 Å². The Morgan fingerprint density at radius 2 is 0.969 bits per heavy atom. The summed E-state index contributed by atoms with van der Waals surface area (Å²) in [6.07, 6.45) is 7.99. The Morgan fingerprint density at radius 3 is 1.38 bits per heavy atom. The van der Waals surface area contributed by atoms with Gasteiger partial charge in [0.1, 0.15) is 17.1 Å². The van der Waals surface area contributed by atoms with Crippen molar-refractivity contribution in [2.24, 2.45) is 0 Å². The van der Waals surface area contributed by atoms with Crippen molar-refractivity contribution in [3.8, 4) is 0 Å². The highest BCUT2D eigenvalue weighted by Gasteiger charge is 2.35. The summed E-state index contributed by atoms with van der Waals surface area (Å²) >= 11 is 0. The van der Waals surface area contributed by atoms with Crippen LogP contribution in [0.5, 0.6) is 0 Å². The fourth-order valence-corrected chi connectivity index (χ4v) is 6.14. The summed E-state index contributed by atoms with van der Waals surface area (Å²) < 4.78 is 23.1. The van der Waals surface area contributed by atoms with Crippen molar-refractivity contribution in [3.05, 3.63) is 91.0 Å². The molecule has 0 saturated carbocycles. The zero-order valence-electron chi connectivity index (χ0n) is 18.9. The Morgan fingerprint density at radius 1 is 0.594 bits per heavy atom. The predicted octanol–water partition coefficient (Wildman–Crippen LogP) is 7.69. The lowest BCUT2D eigenvalue weighted by molar-refractivity contribution is 0.476. The fourth-order valence-electron chi connectivity index (χ4n) is 4.25. The molecular weight excluding hydrogens is 434 g/mol. The quantitative estimate of drug-likeness (QED) is 0.146. The number of quaternary nitrogens is 1. The average Bonchev–Trinajstić information content (AvgIpc) is 2.82. The van der Waals surface area contributed by atoms with Gasteiger partial charge in [-0.3, -0.25) is 0 Å². The van der Waals surface area contributed by atoms with Gasteiger partial charge in [-0.25, -0.2) is 12.9 Å². The van der Waals surface area contributed by atoms with Crippen molar-refractivity contribution in [3.63, 3.8) is 0 Å². The van der Waals surface area contributed by atoms with Crippen LogP contribution in [0.25, 0.3) is 0 Å². The molecular formula is C27H34NO2S2+. The summed E-state index contributed by atoms with van der Waals surface area (Å²) in [5, 5.41) is 0. The Hall–Kier alpha value is -2.08. The van der Waals surface area contributed by atoms with Gasteiger partial charge in [-0.05, 0) is 66.5 Å². The third-order valence-electron chi connectivity index (χ3n) is 5.78. The van der Waals surface area contributed by atoms with E-state index in [2.05, 4.69) is 91.0 Å². The van der Waals surface area contributed by atoms with Gasteiger partial charge in [-0.2, -0.15) is 0 Å². The van der Waals surface area contributed by atoms with E-state index < -0.39 is 8.87 Å². The number of benzene rings is 3. The lowest BCUT2D eigenvalue weighted by Crippen LogP contribution is -2.39. The van der Waals surface area contributed by atoms with Crippen LogP contribution in [0, 0.1) is 0 Å². The van der Waals surface area contributed by atoms with Gasteiger partial charge in [-0.1, -0.05) is 73.9 Å². The Labute approximate surface area is 197 Å². The predicted molar refractivity (Wildman–Crippen MR) is 140 cm³/mol. The first-order valence-electron chi connectivity index (χ1n) is 11.4. The number of rotatable bonds is 13. The first-order chi connectivity index (χ1) is 15.5. The summed E-state index contributed by atoms with van der Waals surface area (Å²) in [5.41, 5.74) is 3.84. The second kappa shape index (κ2) is 12.2. The van der Waals surface area contributed by atoms with Crippen LogP contribution in [0.1, 0.15) is 38.5 Å². The number of hydrogen-bond acceptors (Lipinski definition) is 3. The summed E-state index contributed by atoms with van der Waals surface area (Å²) in [7, 11) is -1.84. The van der Waals surface area contributed by atoms with E-state index in [9.17, 15) is 8.42 Å². The highest BCUT2D eigenvalue weighted by atomic mass is 33.1. The third kappa shape index (κ3) is 6.96. The van der Waals surface area contributed by atoms with Crippen LogP contribution in [-0.2, 0) is 8.87 Å². The van der Waals surface area contributed by atoms with Gasteiger partial charge >= 0.3 is 0 Å². The zero-order valence-corrected chi connectivity index (χ0v) is 20.5. The van der Waals surface area contributed by atoms with Crippen LogP contribution in [0.3, 0.4) is 0 Å². The molecule has 0 N–H and O–H groups in total. The topological polar surface area (TPSA) is 34.1 Å². The van der Waals surface area contributed by atoms with E-state index in [4.69, 9.17) is 0 Å². The summed E-state index contributed by atoms with van der Waals surface area (Å²) in [6.45, 7) is 1.00. The molecule has 0 aromatic heterocycles. The van der Waals surface area contributed by atoms with Crippen molar-refractivity contribution in [2.45, 2.75) is 38.5 Å². The maximum Gasteiger partial charge on any atom is 0.198 e. The Bertz CT molecular complexity index is 926. The smallest absolute Gasteiger partial charge is 0.198 e. The fraction of sp³-hybridized carbons (Fsp3) is 0.333. The first kappa shape index (κ1) is 24.6. The molecule has 0 aliphatic rings. The standard InChI is InChI=1S/C27H34NO2S2/c1-32(29,30)31-24-16-5-3-2-4-15-23-28(25-17-9-6-10-18-25,26-19-11-7-12-20-26)27-21-13-8-14-22-27/h6-14,17-22H,2-5,15-16,23-24H2,1H3/q+1. The lowest BCUT2D eigenvalue weighted by atomic mass is 10.1. The molecule has 0 fully saturated rings. The molecule has 0 atom stereocenters. The van der Waals surface area contributed by atoms with Crippen LogP contribution in [-0.4, -0.2) is 27.0 Å². The molecule has 0 radical (unpaired) electrons. The highest BCUT2D eigenvalue weighted by molar-refractivity contribution is 8.71. The van der Waals surface area contributed by atoms with Gasteiger partial charge in [-0.15, -0.1) is 0 Å². The monoisotopic (exact) mass is 468 g/mol. The van der Waals surface area contributed by atoms with Gasteiger partial charge in [0.15, 0.2) is 8.87 Å². The SMILES string of the molecule is CS(=O)(=O)SCCCCCCCC[N+](c1ccccc1)(c1ccccc1)c1ccccc1. The molecule has 0 unspecified atom stereocenters. The molecule has 0 aliphatic heterocycles. The Kier molecular flexibility index (Phi) is 9.39. The van der Waals surface area contributed by atoms with Crippen molar-refractivity contribution >= 4 is 36.7 Å². The van der Waals surface area contributed by atoms with Crippen molar-refractivity contribution < 1.29 is 8.42 Å². The van der Waals surface area contributed by atoms with E-state index in [0.29, 0.717) is 10.2 Å². The number of hydrogen-bond donors (Lipinski definition) is 0. The van der Waals surface area contributed by atoms with Gasteiger partial charge in [0.2, 0.25) is 0 Å². The summed E-state index contributed by atoms with van der Waals surface area (Å²) in [6, 6.07) is 32.4. The largest absolute Gasteiger partial charge is 0.227 e. The molecule has 0 bridgehead atoms. The van der Waals surface area contributed by atoms with E-state index in [-0.39, 0.29) is 0 Å². The molecule has 0 amide bonds. The van der Waals surface area contributed by atoms with Crippen LogP contribution < -0.4 is 4.48 Å². The lowest BCUT2D eigenvalue weighted by Gasteiger charge is -2.37. The van der Waals surface area contributed by atoms with Gasteiger partial charge in [0.05, 0.1) is 6.54 Å². The van der Waals surface area contributed by atoms with E-state index >= 15 is 0 Å². The molecule has 170 valence electrons. The molecule has 0 aliphatic carbocycles. The number of unbranched alkanes of at least 4 members (excludes halogenated alkanes) is 5. The van der Waals surface area contributed by atoms with Crippen LogP contribution >= 0.6 is 10.8 Å². The minimum atomic E-state index is -2.91. The molecule has 0 heterocycles. The third-order valence-corrected chi connectivity index (χ3v) is 8.44. The summed E-state index contributed by atoms with van der Waals surface area (Å²) in [5.74, 6) is 0.703. The molecule has 3 nitrogen and oxygen atoms in total. The second-order valence-electron chi connectivity index (χ2n) is 8.19. The average molecular weight is 469 g/mol. The molecule has 32 heavy (non-hydrogen) atoms. The normalized spacial score (nSPS) is 12.0. The zero-order chi connectivity index (χ0) is 22.7. The van der Waals surface area contributed by atoms with E-state index in [1.54, 1.807) is 0 Å². The number of para-hydroxylation sites is 3. The van der Waals surface area contributed by atoms with E-state index in [1.807, 2.05) is 0 Å². The molecule has 0 spiro atoms. The number of nitrogens with zero attached hydrogens (tertiary/aromatic N) is 1. The second-order valence-corrected chi connectivity index (χ2v) is 12.8. The Balaban J connectivity index is 1.69. The molecule has 3 rings (SSSR count). The van der Waals surface area contributed by atoms with Gasteiger partial charge in [0, 0.05) is 12.0 Å². The minimum absolute atomic E-state index is 0.703. The van der Waals surface area contributed by atoms with E-state index in [0.717, 1.165) is 43.0 Å². The van der Waals surface area contributed by atoms with Crippen molar-refractivity contribution in [1.82, 2.24) is 4.48 Å². The molecule has 3 aromatic rings. The minimum Gasteiger partial charge on any atom is -0.227 e. The first-order valence-corrected chi connectivity index (χ1v) is 14.8. The maximum atomic E-state index is 11.2. The summed E-state index contributed by atoms with van der Waals surface area (Å²) in [4.78, 5) is 0. The van der Waals surface area contributed by atoms with Crippen LogP contribution in [0.4, 0.5) is 17.1 Å². The maximum absolute atomic E-state index is 11.2. The van der Waals surface area contributed by atoms with Crippen LogP contribution in [0.2, 0.25) is 0 Å². The van der Waals surface area contributed by atoms with E-state index in [1.165, 1.54) is 36.2 Å². The molecule has 3 aromatic carbocycles. The molecule has 0 saturated heterocycles. The van der Waals surface area contributed by atoms with Crippen LogP contribution in [0.15, 0.2) is 91.0 Å². The van der Waals surface area contributed by atoms with Gasteiger partial charge in [0.25, 0.3) is 0 Å². The highest BCUT2D eigenvalue weighted by Crippen LogP contribution is 2.43. The van der Waals surface area contributed by atoms with Gasteiger partial charge < -0.3 is 0 Å². The van der Waals surface area contributed by atoms with Crippen molar-refractivity contribution in [1.29, 1.82) is 0 Å².